The van der Waals surface area contributed by atoms with Crippen LogP contribution in [-0.4, -0.2) is 115 Å². The average molecular weight is 619 g/mol. The first kappa shape index (κ1) is 27.8. The van der Waals surface area contributed by atoms with Crippen LogP contribution in [0, 0.1) is 0 Å². The van der Waals surface area contributed by atoms with Crippen LogP contribution in [0.2, 0.25) is 0 Å². The lowest BCUT2D eigenvalue weighted by atomic mass is 10.1. The summed E-state index contributed by atoms with van der Waals surface area (Å²) in [7, 11) is 0. The summed E-state index contributed by atoms with van der Waals surface area (Å²) in [5.74, 6) is -0.307. The number of halogens is 2. The van der Waals surface area contributed by atoms with Gasteiger partial charge < -0.3 is 39.8 Å². The van der Waals surface area contributed by atoms with Crippen LogP contribution in [-0.2, 0) is 25.8 Å². The maximum absolute atomic E-state index is 15.5. The Hall–Kier alpha value is -3.37. The molecule has 0 bridgehead atoms. The minimum atomic E-state index is -4.29. The van der Waals surface area contributed by atoms with Gasteiger partial charge in [0.05, 0.1) is 19.5 Å². The van der Waals surface area contributed by atoms with Crippen LogP contribution in [0.25, 0.3) is 22.3 Å². The van der Waals surface area contributed by atoms with Crippen molar-refractivity contribution in [1.29, 1.82) is 0 Å². The molecule has 2 aliphatic heterocycles. The van der Waals surface area contributed by atoms with E-state index in [-0.39, 0.29) is 28.3 Å². The van der Waals surface area contributed by atoms with Crippen molar-refractivity contribution >= 4 is 46.6 Å². The van der Waals surface area contributed by atoms with Gasteiger partial charge in [-0.05, 0) is 11.8 Å². The summed E-state index contributed by atoms with van der Waals surface area (Å²) >= 11 is 5.26. The van der Waals surface area contributed by atoms with E-state index in [1.165, 1.54) is 0 Å². The quantitative estimate of drug-likeness (QED) is 0.114. The van der Waals surface area contributed by atoms with Gasteiger partial charge in [-0.15, -0.1) is 10.2 Å². The number of aromatic nitrogens is 10. The second-order valence-electron chi connectivity index (χ2n) is 9.14. The number of H-pyrrole nitrogens is 2. The molecule has 0 saturated carbocycles. The van der Waals surface area contributed by atoms with Crippen LogP contribution in [0.1, 0.15) is 12.5 Å². The van der Waals surface area contributed by atoms with Gasteiger partial charge >= 0.3 is 0 Å². The van der Waals surface area contributed by atoms with Gasteiger partial charge in [0.15, 0.2) is 47.4 Å². The first-order valence-corrected chi connectivity index (χ1v) is 14.5. The fourth-order valence-electron chi connectivity index (χ4n) is 4.68. The first-order valence-electron chi connectivity index (χ1n) is 11.8. The molecule has 0 aliphatic carbocycles. The molecule has 2 aliphatic rings. The average Bonchev–Trinajstić information content (AvgIpc) is 3.68. The highest BCUT2D eigenvalue weighted by molar-refractivity contribution is 8.09. The number of aromatic amines is 2. The van der Waals surface area contributed by atoms with Crippen molar-refractivity contribution in [3.63, 3.8) is 0 Å². The molecule has 4 aromatic rings. The number of fused-ring (bicyclic) bond motifs is 2. The molecular formula is C18H20F2N11O8PS. The Bertz CT molecular complexity index is 1780. The van der Waals surface area contributed by atoms with Crippen molar-refractivity contribution in [1.82, 2.24) is 49.9 Å². The van der Waals surface area contributed by atoms with Crippen LogP contribution < -0.4 is 16.9 Å². The highest BCUT2D eigenvalue weighted by Crippen LogP contribution is 2.58. The predicted octanol–water partition coefficient (Wildman–Crippen LogP) is -2.86. The van der Waals surface area contributed by atoms with E-state index >= 15 is 8.78 Å². The number of rotatable bonds is 7. The Morgan fingerprint density at radius 3 is 2.44 bits per heavy atom. The number of nitrogens with zero attached hydrogens (tertiary/aromatic N) is 8. The smallest absolute Gasteiger partial charge is 0.282 e. The lowest BCUT2D eigenvalue weighted by molar-refractivity contribution is -0.0481. The largest absolute Gasteiger partial charge is 0.394 e. The molecule has 0 aromatic carbocycles. The topological polar surface area (TPSA) is 267 Å². The third-order valence-electron chi connectivity index (χ3n) is 6.66. The zero-order chi connectivity index (χ0) is 29.2. The maximum atomic E-state index is 15.5. The van der Waals surface area contributed by atoms with Crippen LogP contribution in [0.15, 0.2) is 15.9 Å². The van der Waals surface area contributed by atoms with Crippen molar-refractivity contribution in [2.24, 2.45) is 0 Å². The molecule has 2 saturated heterocycles. The fraction of sp³-hybridized carbons (Fsp3) is 0.556. The number of anilines is 1. The van der Waals surface area contributed by atoms with E-state index in [1.807, 2.05) is 0 Å². The zero-order valence-electron chi connectivity index (χ0n) is 20.3. The van der Waals surface area contributed by atoms with E-state index in [0.717, 1.165) is 15.7 Å². The number of alkyl halides is 2. The highest BCUT2D eigenvalue weighted by Gasteiger charge is 2.55. The van der Waals surface area contributed by atoms with Gasteiger partial charge in [0, 0.05) is 0 Å². The second-order valence-corrected chi connectivity index (χ2v) is 12.7. The SMILES string of the molecule is Nc1nc2c(nnn2[C@@H]2O[C@H](CO)[C@@H](F)[C@H]2P(O)(=S)OC[C@H]2O[C@@H](n3nnc4c(=O)[nH]cnc43)[C@@H](F)[C@@H]2O)c(=O)[nH]1. The molecule has 0 amide bonds. The third-order valence-corrected chi connectivity index (χ3v) is 9.52. The van der Waals surface area contributed by atoms with Crippen molar-refractivity contribution in [3.8, 4) is 0 Å². The minimum absolute atomic E-state index is 0.114. The van der Waals surface area contributed by atoms with Crippen molar-refractivity contribution in [2.45, 2.75) is 48.8 Å². The molecule has 1 unspecified atom stereocenters. The Balaban J connectivity index is 1.25. The van der Waals surface area contributed by atoms with Gasteiger partial charge in [-0.2, -0.15) is 14.3 Å². The molecular weight excluding hydrogens is 599 g/mol. The Kier molecular flexibility index (Phi) is 6.89. The number of aliphatic hydroxyl groups is 2. The van der Waals surface area contributed by atoms with Gasteiger partial charge in [-0.25, -0.2) is 13.8 Å². The van der Waals surface area contributed by atoms with Gasteiger partial charge in [0.25, 0.3) is 11.1 Å². The Morgan fingerprint density at radius 1 is 1.07 bits per heavy atom. The lowest BCUT2D eigenvalue weighted by Crippen LogP contribution is -2.34. The summed E-state index contributed by atoms with van der Waals surface area (Å²) < 4.78 is 48.9. The molecule has 19 nitrogen and oxygen atoms in total. The molecule has 2 fully saturated rings. The summed E-state index contributed by atoms with van der Waals surface area (Å²) in [5.41, 5.74) is 1.75. The lowest BCUT2D eigenvalue weighted by Gasteiger charge is -2.28. The van der Waals surface area contributed by atoms with Gasteiger partial charge in [0.2, 0.25) is 5.95 Å². The number of nitrogen functional groups attached to an aromatic ring is 1. The molecule has 6 heterocycles. The Labute approximate surface area is 229 Å². The Morgan fingerprint density at radius 2 is 1.73 bits per heavy atom. The summed E-state index contributed by atoms with van der Waals surface area (Å²) in [4.78, 5) is 47.6. The standard InChI is InChI=1S/C18H20F2N11O8PS/c19-6-4(1-32)38-17(31-13-9(27-29-31)15(35)25-18(21)24-13)11(6)40(36,41)37-2-5-10(33)7(20)16(39-5)30-12-8(26-28-30)14(34)23-3-22-12/h3-7,10-11,16-17,32-33H,1-2H2,(H,36,41)(H,22,23,34)(H3,21,24,25,35)/t4-,5-,6-,7+,10-,11-,16-,17-,40?/m1/s1. The van der Waals surface area contributed by atoms with E-state index < -0.39 is 79.6 Å². The second kappa shape index (κ2) is 10.2. The van der Waals surface area contributed by atoms with E-state index in [4.69, 9.17) is 31.5 Å². The minimum Gasteiger partial charge on any atom is -0.394 e. The molecule has 6 rings (SSSR count). The number of nitrogens with two attached hydrogens (primary N) is 1. The molecule has 0 radical (unpaired) electrons. The number of ether oxygens (including phenoxy) is 2. The summed E-state index contributed by atoms with van der Waals surface area (Å²) in [6.07, 6.45) is -11.0. The monoisotopic (exact) mass is 619 g/mol. The number of hydrogen-bond donors (Lipinski definition) is 6. The highest BCUT2D eigenvalue weighted by atomic mass is 32.5. The molecule has 23 heteroatoms. The van der Waals surface area contributed by atoms with Crippen LogP contribution in [0.4, 0.5) is 14.7 Å². The van der Waals surface area contributed by atoms with Crippen molar-refractivity contribution < 1.29 is 37.9 Å². The van der Waals surface area contributed by atoms with E-state index in [0.29, 0.717) is 0 Å². The number of aliphatic hydroxyl groups excluding tert-OH is 2. The van der Waals surface area contributed by atoms with E-state index in [1.54, 1.807) is 0 Å². The molecule has 220 valence electrons. The van der Waals surface area contributed by atoms with Gasteiger partial charge in [-0.3, -0.25) is 14.6 Å². The maximum Gasteiger partial charge on any atom is 0.282 e. The molecule has 4 aromatic heterocycles. The van der Waals surface area contributed by atoms with E-state index in [9.17, 15) is 24.7 Å². The van der Waals surface area contributed by atoms with Gasteiger partial charge in [0.1, 0.15) is 30.1 Å². The zero-order valence-corrected chi connectivity index (χ0v) is 22.0. The molecule has 7 N–H and O–H groups in total. The van der Waals surface area contributed by atoms with Crippen molar-refractivity contribution in [3.05, 3.63) is 27.0 Å². The number of hydrogen-bond acceptors (Lipinski definition) is 15. The van der Waals surface area contributed by atoms with Crippen LogP contribution >= 0.6 is 6.49 Å². The van der Waals surface area contributed by atoms with E-state index in [2.05, 4.69) is 40.6 Å². The normalized spacial score (nSPS) is 31.7. The predicted molar refractivity (Wildman–Crippen MR) is 133 cm³/mol. The van der Waals surface area contributed by atoms with Gasteiger partial charge in [-0.1, -0.05) is 10.4 Å². The summed E-state index contributed by atoms with van der Waals surface area (Å²) in [6, 6.07) is 0. The fourth-order valence-corrected chi connectivity index (χ4v) is 7.13. The molecule has 0 spiro atoms. The number of nitrogens with one attached hydrogen (secondary N) is 2. The summed E-state index contributed by atoms with van der Waals surface area (Å²) in [5, 5.41) is 34.9. The molecule has 9 atom stereocenters. The van der Waals surface area contributed by atoms with Crippen LogP contribution in [0.5, 0.6) is 0 Å². The first-order chi connectivity index (χ1) is 19.5. The van der Waals surface area contributed by atoms with Crippen LogP contribution in [0.3, 0.4) is 0 Å². The van der Waals surface area contributed by atoms with Crippen molar-refractivity contribution in [2.75, 3.05) is 18.9 Å². The summed E-state index contributed by atoms with van der Waals surface area (Å²) in [6.45, 7) is -5.82. The third kappa shape index (κ3) is 4.52. The molecule has 41 heavy (non-hydrogen) atoms.